The minimum atomic E-state index is -0.00882. The molecule has 0 aromatic heterocycles. The normalized spacial score (nSPS) is 16.1. The van der Waals surface area contributed by atoms with Crippen molar-refractivity contribution in [2.75, 3.05) is 51.7 Å². The summed E-state index contributed by atoms with van der Waals surface area (Å²) in [5.74, 6) is 0.636. The first-order chi connectivity index (χ1) is 9.69. The molecule has 0 saturated carbocycles. The van der Waals surface area contributed by atoms with Gasteiger partial charge in [-0.2, -0.15) is 0 Å². The number of nitrogens with zero attached hydrogens (tertiary/aromatic N) is 2. The molecule has 1 aliphatic rings. The molecule has 1 saturated heterocycles. The average molecular weight is 279 g/mol. The summed E-state index contributed by atoms with van der Waals surface area (Å²) in [6, 6.07) is 6.99. The monoisotopic (exact) mass is 279 g/mol. The average Bonchev–Trinajstić information content (AvgIpc) is 2.47. The van der Waals surface area contributed by atoms with Crippen LogP contribution < -0.4 is 10.5 Å². The van der Waals surface area contributed by atoms with Gasteiger partial charge in [-0.15, -0.1) is 0 Å². The molecule has 110 valence electrons. The van der Waals surface area contributed by atoms with Crippen molar-refractivity contribution in [3.8, 4) is 5.75 Å². The van der Waals surface area contributed by atoms with E-state index in [0.717, 1.165) is 13.1 Å². The Labute approximate surface area is 118 Å². The molecule has 20 heavy (non-hydrogen) atoms. The molecule has 1 aliphatic heterocycles. The second-order valence-corrected chi connectivity index (χ2v) is 4.80. The van der Waals surface area contributed by atoms with Crippen LogP contribution in [0, 0.1) is 0 Å². The summed E-state index contributed by atoms with van der Waals surface area (Å²) in [4.78, 5) is 16.0. The summed E-state index contributed by atoms with van der Waals surface area (Å²) in [7, 11) is 0. The number of benzene rings is 1. The number of aliphatic hydroxyl groups excluding tert-OH is 1. The number of ether oxygens (including phenoxy) is 1. The van der Waals surface area contributed by atoms with Gasteiger partial charge >= 0.3 is 0 Å². The van der Waals surface area contributed by atoms with Crippen LogP contribution in [0.15, 0.2) is 24.3 Å². The zero-order valence-corrected chi connectivity index (χ0v) is 11.5. The number of hydrogen-bond donors (Lipinski definition) is 2. The third-order valence-electron chi connectivity index (χ3n) is 3.38. The topological polar surface area (TPSA) is 79.0 Å². The maximum absolute atomic E-state index is 12.0. The van der Waals surface area contributed by atoms with E-state index in [4.69, 9.17) is 15.6 Å². The van der Waals surface area contributed by atoms with Crippen molar-refractivity contribution >= 4 is 11.6 Å². The number of carbonyl (C=O) groups is 1. The zero-order chi connectivity index (χ0) is 14.4. The second kappa shape index (κ2) is 7.12. The lowest BCUT2D eigenvalue weighted by Crippen LogP contribution is -2.50. The van der Waals surface area contributed by atoms with Crippen LogP contribution in [0.2, 0.25) is 0 Å². The van der Waals surface area contributed by atoms with Crippen LogP contribution in [0.3, 0.4) is 0 Å². The lowest BCUT2D eigenvalue weighted by atomic mass is 10.3. The quantitative estimate of drug-likeness (QED) is 0.729. The number of anilines is 1. The Kier molecular flexibility index (Phi) is 5.20. The number of piperazine rings is 1. The van der Waals surface area contributed by atoms with Gasteiger partial charge in [0.15, 0.2) is 6.61 Å². The molecule has 1 fully saturated rings. The predicted octanol–water partition coefficient (Wildman–Crippen LogP) is -0.216. The molecule has 2 rings (SSSR count). The van der Waals surface area contributed by atoms with Crippen molar-refractivity contribution in [1.82, 2.24) is 9.80 Å². The third-order valence-corrected chi connectivity index (χ3v) is 3.38. The Balaban J connectivity index is 1.74. The van der Waals surface area contributed by atoms with Crippen LogP contribution in [0.4, 0.5) is 5.69 Å². The second-order valence-electron chi connectivity index (χ2n) is 4.80. The molecule has 0 bridgehead atoms. The highest BCUT2D eigenvalue weighted by Gasteiger charge is 2.20. The molecule has 6 heteroatoms. The molecule has 1 aromatic carbocycles. The Morgan fingerprint density at radius 3 is 2.45 bits per heavy atom. The molecule has 1 aromatic rings. The van der Waals surface area contributed by atoms with E-state index in [1.807, 2.05) is 0 Å². The van der Waals surface area contributed by atoms with E-state index in [9.17, 15) is 4.79 Å². The number of amides is 1. The smallest absolute Gasteiger partial charge is 0.260 e. The Hall–Kier alpha value is -1.79. The van der Waals surface area contributed by atoms with E-state index in [2.05, 4.69) is 4.90 Å². The summed E-state index contributed by atoms with van der Waals surface area (Å²) in [6.07, 6.45) is 0. The van der Waals surface area contributed by atoms with Gasteiger partial charge < -0.3 is 20.5 Å². The van der Waals surface area contributed by atoms with Crippen molar-refractivity contribution in [3.63, 3.8) is 0 Å². The molecular weight excluding hydrogens is 258 g/mol. The standard InChI is InChI=1S/C14H21N3O3/c15-12-1-3-13(4-2-12)20-11-14(19)17-7-5-16(6-8-17)9-10-18/h1-4,18H,5-11,15H2. The van der Waals surface area contributed by atoms with Gasteiger partial charge in [0.2, 0.25) is 0 Å². The summed E-state index contributed by atoms with van der Waals surface area (Å²) >= 11 is 0. The van der Waals surface area contributed by atoms with E-state index >= 15 is 0 Å². The van der Waals surface area contributed by atoms with E-state index < -0.39 is 0 Å². The largest absolute Gasteiger partial charge is 0.484 e. The molecule has 6 nitrogen and oxygen atoms in total. The first-order valence-electron chi connectivity index (χ1n) is 6.78. The maximum atomic E-state index is 12.0. The number of hydrogen-bond acceptors (Lipinski definition) is 5. The van der Waals surface area contributed by atoms with Gasteiger partial charge in [0.05, 0.1) is 6.61 Å². The van der Waals surface area contributed by atoms with E-state index in [-0.39, 0.29) is 19.1 Å². The van der Waals surface area contributed by atoms with Crippen LogP contribution in [-0.2, 0) is 4.79 Å². The molecule has 0 unspecified atom stereocenters. The maximum Gasteiger partial charge on any atom is 0.260 e. The fraction of sp³-hybridized carbons (Fsp3) is 0.500. The Morgan fingerprint density at radius 1 is 1.20 bits per heavy atom. The molecule has 1 amide bonds. The highest BCUT2D eigenvalue weighted by molar-refractivity contribution is 5.77. The zero-order valence-electron chi connectivity index (χ0n) is 11.5. The van der Waals surface area contributed by atoms with E-state index in [1.165, 1.54) is 0 Å². The van der Waals surface area contributed by atoms with Crippen LogP contribution >= 0.6 is 0 Å². The molecular formula is C14H21N3O3. The van der Waals surface area contributed by atoms with Crippen LogP contribution in [0.5, 0.6) is 5.75 Å². The minimum Gasteiger partial charge on any atom is -0.484 e. The first kappa shape index (κ1) is 14.6. The van der Waals surface area contributed by atoms with Crippen molar-refractivity contribution < 1.29 is 14.6 Å². The van der Waals surface area contributed by atoms with Gasteiger partial charge in [-0.25, -0.2) is 0 Å². The van der Waals surface area contributed by atoms with Gasteiger partial charge in [-0.1, -0.05) is 0 Å². The lowest BCUT2D eigenvalue weighted by Gasteiger charge is -2.34. The minimum absolute atomic E-state index is 0.00882. The first-order valence-corrected chi connectivity index (χ1v) is 6.78. The molecule has 0 spiro atoms. The molecule has 1 heterocycles. The predicted molar refractivity (Wildman–Crippen MR) is 76.5 cm³/mol. The van der Waals surface area contributed by atoms with Crippen molar-refractivity contribution in [3.05, 3.63) is 24.3 Å². The molecule has 3 N–H and O–H groups in total. The fourth-order valence-corrected chi connectivity index (χ4v) is 2.16. The number of nitrogens with two attached hydrogens (primary N) is 1. The van der Waals surface area contributed by atoms with Gasteiger partial charge in [0, 0.05) is 38.4 Å². The highest BCUT2D eigenvalue weighted by atomic mass is 16.5. The number of rotatable bonds is 5. The van der Waals surface area contributed by atoms with E-state index in [0.29, 0.717) is 31.1 Å². The van der Waals surface area contributed by atoms with Crippen molar-refractivity contribution in [2.45, 2.75) is 0 Å². The Bertz CT molecular complexity index is 428. The molecule has 0 atom stereocenters. The Morgan fingerprint density at radius 2 is 1.85 bits per heavy atom. The summed E-state index contributed by atoms with van der Waals surface area (Å²) in [5, 5.41) is 8.87. The van der Waals surface area contributed by atoms with Crippen LogP contribution in [0.25, 0.3) is 0 Å². The fourth-order valence-electron chi connectivity index (χ4n) is 2.16. The third kappa shape index (κ3) is 4.11. The van der Waals surface area contributed by atoms with Crippen molar-refractivity contribution in [2.24, 2.45) is 0 Å². The summed E-state index contributed by atoms with van der Waals surface area (Å²) < 4.78 is 5.45. The SMILES string of the molecule is Nc1ccc(OCC(=O)N2CCN(CCO)CC2)cc1. The molecule has 0 radical (unpaired) electrons. The van der Waals surface area contributed by atoms with Gasteiger partial charge in [0.1, 0.15) is 5.75 Å². The van der Waals surface area contributed by atoms with Gasteiger partial charge in [-0.3, -0.25) is 9.69 Å². The van der Waals surface area contributed by atoms with Gasteiger partial charge in [0.25, 0.3) is 5.91 Å². The summed E-state index contributed by atoms with van der Waals surface area (Å²) in [6.45, 7) is 3.85. The van der Waals surface area contributed by atoms with E-state index in [1.54, 1.807) is 29.2 Å². The summed E-state index contributed by atoms with van der Waals surface area (Å²) in [5.41, 5.74) is 6.25. The number of aliphatic hydroxyl groups is 1. The lowest BCUT2D eigenvalue weighted by molar-refractivity contribution is -0.135. The van der Waals surface area contributed by atoms with Crippen molar-refractivity contribution in [1.29, 1.82) is 0 Å². The number of nitrogen functional groups attached to an aromatic ring is 1. The number of carbonyl (C=O) groups excluding carboxylic acids is 1. The number of β-amino-alcohol motifs (C(OH)–C–C–N with tert-alkyl or cyclic N) is 1. The van der Waals surface area contributed by atoms with Crippen LogP contribution in [0.1, 0.15) is 0 Å². The highest BCUT2D eigenvalue weighted by Crippen LogP contribution is 2.13. The molecule has 0 aliphatic carbocycles. The van der Waals surface area contributed by atoms with Gasteiger partial charge in [-0.05, 0) is 24.3 Å². The van der Waals surface area contributed by atoms with Crippen LogP contribution in [-0.4, -0.2) is 66.8 Å².